The van der Waals surface area contributed by atoms with Gasteiger partial charge in [-0.3, -0.25) is 0 Å². The molecule has 0 spiro atoms. The Hall–Kier alpha value is -0.0900. The Bertz CT molecular complexity index is 267. The van der Waals surface area contributed by atoms with Crippen LogP contribution in [-0.2, 0) is 9.84 Å². The van der Waals surface area contributed by atoms with Crippen LogP contribution in [0.1, 0.15) is 20.3 Å². The van der Waals surface area contributed by atoms with Crippen molar-refractivity contribution in [1.29, 1.82) is 0 Å². The van der Waals surface area contributed by atoms with E-state index in [9.17, 15) is 8.42 Å². The first-order valence-electron chi connectivity index (χ1n) is 4.98. The van der Waals surface area contributed by atoms with Gasteiger partial charge >= 0.3 is 0 Å². The van der Waals surface area contributed by atoms with Crippen molar-refractivity contribution in [1.82, 2.24) is 0 Å². The number of sulfone groups is 1. The molecule has 0 aromatic rings. The lowest BCUT2D eigenvalue weighted by atomic mass is 10.2. The van der Waals surface area contributed by atoms with E-state index in [-0.39, 0.29) is 0 Å². The minimum atomic E-state index is -2.71. The summed E-state index contributed by atoms with van der Waals surface area (Å²) in [7, 11) is -0.556. The maximum atomic E-state index is 11.3. The molecule has 0 aromatic carbocycles. The van der Waals surface area contributed by atoms with Crippen LogP contribution in [0.3, 0.4) is 0 Å². The van der Waals surface area contributed by atoms with Gasteiger partial charge in [0.25, 0.3) is 0 Å². The molecule has 13 heavy (non-hydrogen) atoms. The van der Waals surface area contributed by atoms with E-state index in [4.69, 9.17) is 0 Å². The Morgan fingerprint density at radius 2 is 1.85 bits per heavy atom. The second-order valence-electron chi connectivity index (χ2n) is 4.17. The number of quaternary nitrogens is 1. The van der Waals surface area contributed by atoms with Crippen molar-refractivity contribution in [3.63, 3.8) is 0 Å². The van der Waals surface area contributed by atoms with Crippen LogP contribution in [0.5, 0.6) is 0 Å². The third-order valence-corrected chi connectivity index (χ3v) is 5.29. The molecule has 0 radical (unpaired) electrons. The number of hydrogen-bond donors (Lipinski definition) is 0. The van der Waals surface area contributed by atoms with E-state index < -0.39 is 9.84 Å². The predicted octanol–water partition coefficient (Wildman–Crippen LogP) is 0.660. The first-order chi connectivity index (χ1) is 5.93. The molecular formula is C9H20NO2S+. The fourth-order valence-electron chi connectivity index (χ4n) is 2.01. The zero-order chi connectivity index (χ0) is 10.1. The molecule has 1 saturated heterocycles. The maximum Gasteiger partial charge on any atom is 0.156 e. The van der Waals surface area contributed by atoms with Crippen molar-refractivity contribution in [3.8, 4) is 0 Å². The Morgan fingerprint density at radius 1 is 1.31 bits per heavy atom. The molecule has 1 atom stereocenters. The molecule has 4 heteroatoms. The molecule has 0 unspecified atom stereocenters. The average Bonchev–Trinajstić information content (AvgIpc) is 2.45. The standard InChI is InChI=1S/C9H20NO2S/c1-4-10(3,5-2)9-6-7-13(11,12)8-9/h9H,4-8H2,1-3H3/q+1/t9-/m1/s1. The van der Waals surface area contributed by atoms with E-state index in [0.717, 1.165) is 24.0 Å². The third kappa shape index (κ3) is 2.23. The Morgan fingerprint density at radius 3 is 2.15 bits per heavy atom. The summed E-state index contributed by atoms with van der Waals surface area (Å²) in [5, 5.41) is 0. The summed E-state index contributed by atoms with van der Waals surface area (Å²) in [6, 6.07) is 0.333. The first kappa shape index (κ1) is 11.0. The summed E-state index contributed by atoms with van der Waals surface area (Å²) >= 11 is 0. The molecule has 3 nitrogen and oxygen atoms in total. The summed E-state index contributed by atoms with van der Waals surface area (Å²) in [5.41, 5.74) is 0. The van der Waals surface area contributed by atoms with E-state index >= 15 is 0 Å². The topological polar surface area (TPSA) is 34.1 Å². The summed E-state index contributed by atoms with van der Waals surface area (Å²) < 4.78 is 23.5. The molecule has 78 valence electrons. The van der Waals surface area contributed by atoms with Crippen molar-refractivity contribution in [2.45, 2.75) is 26.3 Å². The fourth-order valence-corrected chi connectivity index (χ4v) is 3.92. The van der Waals surface area contributed by atoms with E-state index in [1.165, 1.54) is 0 Å². The minimum Gasteiger partial charge on any atom is -0.323 e. The highest BCUT2D eigenvalue weighted by molar-refractivity contribution is 7.91. The number of nitrogens with zero attached hydrogens (tertiary/aromatic N) is 1. The molecule has 1 rings (SSSR count). The van der Waals surface area contributed by atoms with Crippen molar-refractivity contribution in [2.75, 3.05) is 31.6 Å². The molecule has 1 fully saturated rings. The molecule has 0 bridgehead atoms. The molecule has 0 N–H and O–H groups in total. The van der Waals surface area contributed by atoms with E-state index in [2.05, 4.69) is 20.9 Å². The quantitative estimate of drug-likeness (QED) is 0.636. The highest BCUT2D eigenvalue weighted by Gasteiger charge is 2.39. The van der Waals surface area contributed by atoms with Gasteiger partial charge in [0, 0.05) is 6.42 Å². The molecule has 0 aromatic heterocycles. The lowest BCUT2D eigenvalue weighted by Crippen LogP contribution is -2.52. The second-order valence-corrected chi connectivity index (χ2v) is 6.40. The zero-order valence-corrected chi connectivity index (χ0v) is 9.60. The van der Waals surface area contributed by atoms with Gasteiger partial charge in [-0.25, -0.2) is 8.42 Å². The Labute approximate surface area is 81.2 Å². The van der Waals surface area contributed by atoms with Crippen LogP contribution in [0.15, 0.2) is 0 Å². The molecule has 1 aliphatic heterocycles. The zero-order valence-electron chi connectivity index (χ0n) is 8.78. The summed E-state index contributed by atoms with van der Waals surface area (Å²) in [6.07, 6.45) is 0.848. The van der Waals surface area contributed by atoms with Crippen LogP contribution < -0.4 is 0 Å². The number of rotatable bonds is 3. The van der Waals surface area contributed by atoms with Gasteiger partial charge in [-0.2, -0.15) is 0 Å². The summed E-state index contributed by atoms with van der Waals surface area (Å²) in [4.78, 5) is 0. The third-order valence-electron chi connectivity index (χ3n) is 3.53. The average molecular weight is 206 g/mol. The maximum absolute atomic E-state index is 11.3. The van der Waals surface area contributed by atoms with Crippen molar-refractivity contribution in [3.05, 3.63) is 0 Å². The van der Waals surface area contributed by atoms with Gasteiger partial charge in [0.2, 0.25) is 0 Å². The highest BCUT2D eigenvalue weighted by Crippen LogP contribution is 2.22. The van der Waals surface area contributed by atoms with Crippen LogP contribution in [0.4, 0.5) is 0 Å². The van der Waals surface area contributed by atoms with Crippen LogP contribution in [0.2, 0.25) is 0 Å². The van der Waals surface area contributed by atoms with Crippen molar-refractivity contribution >= 4 is 9.84 Å². The largest absolute Gasteiger partial charge is 0.323 e. The van der Waals surface area contributed by atoms with Gasteiger partial charge < -0.3 is 4.48 Å². The molecular weight excluding hydrogens is 186 g/mol. The summed E-state index contributed by atoms with van der Waals surface area (Å²) in [6.45, 7) is 6.32. The normalized spacial score (nSPS) is 27.8. The monoisotopic (exact) mass is 206 g/mol. The molecule has 1 aliphatic rings. The van der Waals surface area contributed by atoms with Gasteiger partial charge in [-0.15, -0.1) is 0 Å². The van der Waals surface area contributed by atoms with E-state index in [0.29, 0.717) is 17.5 Å². The predicted molar refractivity (Wildman–Crippen MR) is 54.3 cm³/mol. The smallest absolute Gasteiger partial charge is 0.156 e. The first-order valence-corrected chi connectivity index (χ1v) is 6.80. The van der Waals surface area contributed by atoms with Gasteiger partial charge in [0.15, 0.2) is 9.84 Å². The van der Waals surface area contributed by atoms with Crippen LogP contribution in [0, 0.1) is 0 Å². The van der Waals surface area contributed by atoms with Gasteiger partial charge in [-0.1, -0.05) is 0 Å². The van der Waals surface area contributed by atoms with E-state index in [1.54, 1.807) is 0 Å². The second kappa shape index (κ2) is 3.58. The molecule has 1 heterocycles. The van der Waals surface area contributed by atoms with Gasteiger partial charge in [-0.05, 0) is 13.8 Å². The van der Waals surface area contributed by atoms with Crippen LogP contribution in [0.25, 0.3) is 0 Å². The van der Waals surface area contributed by atoms with E-state index in [1.807, 2.05) is 0 Å². The number of hydrogen-bond acceptors (Lipinski definition) is 2. The molecule has 0 aliphatic carbocycles. The minimum absolute atomic E-state index is 0.333. The van der Waals surface area contributed by atoms with Gasteiger partial charge in [0.05, 0.1) is 25.9 Å². The highest BCUT2D eigenvalue weighted by atomic mass is 32.2. The van der Waals surface area contributed by atoms with Crippen LogP contribution >= 0.6 is 0 Å². The molecule has 0 saturated carbocycles. The van der Waals surface area contributed by atoms with Crippen molar-refractivity contribution in [2.24, 2.45) is 0 Å². The lowest BCUT2D eigenvalue weighted by Gasteiger charge is -2.37. The lowest BCUT2D eigenvalue weighted by molar-refractivity contribution is -0.927. The fraction of sp³-hybridized carbons (Fsp3) is 1.00. The molecule has 0 amide bonds. The van der Waals surface area contributed by atoms with Gasteiger partial charge in [0.1, 0.15) is 11.8 Å². The SMILES string of the molecule is CC[N+](C)(CC)[C@@H]1CCS(=O)(=O)C1. The Kier molecular flexibility index (Phi) is 3.02. The van der Waals surface area contributed by atoms with Crippen molar-refractivity contribution < 1.29 is 12.9 Å². The Balaban J connectivity index is 2.75. The van der Waals surface area contributed by atoms with Crippen LogP contribution in [-0.4, -0.2) is 50.6 Å². The summed E-state index contributed by atoms with van der Waals surface area (Å²) in [5.74, 6) is 0.788.